The van der Waals surface area contributed by atoms with Gasteiger partial charge in [-0.15, -0.1) is 0 Å². The fourth-order valence-electron chi connectivity index (χ4n) is 1.15. The SMILES string of the molecule is CC(CCN)S(=O)(=O)COCC1CC1. The summed E-state index contributed by atoms with van der Waals surface area (Å²) >= 11 is 0. The number of sulfone groups is 1. The zero-order valence-corrected chi connectivity index (χ0v) is 9.42. The molecule has 84 valence electrons. The molecule has 5 heteroatoms. The molecule has 4 nitrogen and oxygen atoms in total. The maximum atomic E-state index is 11.5. The maximum Gasteiger partial charge on any atom is 0.176 e. The molecule has 0 aromatic heterocycles. The first-order valence-electron chi connectivity index (χ1n) is 5.05. The van der Waals surface area contributed by atoms with Gasteiger partial charge in [0.2, 0.25) is 0 Å². The second-order valence-corrected chi connectivity index (χ2v) is 6.35. The van der Waals surface area contributed by atoms with Gasteiger partial charge in [0.25, 0.3) is 0 Å². The molecule has 1 atom stereocenters. The van der Waals surface area contributed by atoms with E-state index in [4.69, 9.17) is 10.5 Å². The molecule has 1 fully saturated rings. The molecule has 0 aliphatic heterocycles. The molecule has 1 aliphatic rings. The molecule has 0 bridgehead atoms. The van der Waals surface area contributed by atoms with Gasteiger partial charge in [0.05, 0.1) is 11.9 Å². The highest BCUT2D eigenvalue weighted by Crippen LogP contribution is 2.28. The second-order valence-electron chi connectivity index (χ2n) is 3.98. The van der Waals surface area contributed by atoms with Crippen LogP contribution in [0.5, 0.6) is 0 Å². The summed E-state index contributed by atoms with van der Waals surface area (Å²) in [6, 6.07) is 0. The lowest BCUT2D eigenvalue weighted by molar-refractivity contribution is 0.164. The van der Waals surface area contributed by atoms with E-state index in [1.807, 2.05) is 0 Å². The first-order valence-corrected chi connectivity index (χ1v) is 6.77. The van der Waals surface area contributed by atoms with E-state index in [2.05, 4.69) is 0 Å². The van der Waals surface area contributed by atoms with Crippen molar-refractivity contribution >= 4 is 9.84 Å². The van der Waals surface area contributed by atoms with E-state index in [0.717, 1.165) is 0 Å². The highest BCUT2D eigenvalue weighted by molar-refractivity contribution is 7.91. The lowest BCUT2D eigenvalue weighted by Crippen LogP contribution is -2.25. The van der Waals surface area contributed by atoms with E-state index in [9.17, 15) is 8.42 Å². The van der Waals surface area contributed by atoms with Crippen LogP contribution in [0.15, 0.2) is 0 Å². The van der Waals surface area contributed by atoms with Gasteiger partial charge in [-0.1, -0.05) is 0 Å². The molecular formula is C9H19NO3S. The summed E-state index contributed by atoms with van der Waals surface area (Å²) in [6.07, 6.45) is 2.87. The summed E-state index contributed by atoms with van der Waals surface area (Å²) < 4.78 is 28.2. The number of nitrogens with two attached hydrogens (primary N) is 1. The second kappa shape index (κ2) is 5.09. The monoisotopic (exact) mass is 221 g/mol. The van der Waals surface area contributed by atoms with Gasteiger partial charge in [0.15, 0.2) is 9.84 Å². The fraction of sp³-hybridized carbons (Fsp3) is 1.00. The minimum Gasteiger partial charge on any atom is -0.365 e. The number of ether oxygens (including phenoxy) is 1. The van der Waals surface area contributed by atoms with Gasteiger partial charge in [-0.05, 0) is 38.6 Å². The van der Waals surface area contributed by atoms with Crippen molar-refractivity contribution in [1.82, 2.24) is 0 Å². The van der Waals surface area contributed by atoms with Gasteiger partial charge in [-0.25, -0.2) is 8.42 Å². The van der Waals surface area contributed by atoms with E-state index < -0.39 is 9.84 Å². The predicted octanol–water partition coefficient (Wildman–Crippen LogP) is 0.523. The van der Waals surface area contributed by atoms with Crippen molar-refractivity contribution in [2.75, 3.05) is 19.1 Å². The van der Waals surface area contributed by atoms with E-state index in [-0.39, 0.29) is 11.2 Å². The predicted molar refractivity (Wildman–Crippen MR) is 55.6 cm³/mol. The summed E-state index contributed by atoms with van der Waals surface area (Å²) in [5, 5.41) is -0.383. The lowest BCUT2D eigenvalue weighted by Gasteiger charge is -2.11. The van der Waals surface area contributed by atoms with Crippen LogP contribution in [0.25, 0.3) is 0 Å². The Hall–Kier alpha value is -0.130. The number of rotatable bonds is 7. The Balaban J connectivity index is 2.24. The van der Waals surface area contributed by atoms with Crippen molar-refractivity contribution in [3.8, 4) is 0 Å². The third-order valence-corrected chi connectivity index (χ3v) is 4.44. The van der Waals surface area contributed by atoms with Crippen LogP contribution < -0.4 is 5.73 Å². The van der Waals surface area contributed by atoms with Crippen molar-refractivity contribution in [2.24, 2.45) is 11.7 Å². The third-order valence-electron chi connectivity index (χ3n) is 2.48. The Bertz CT molecular complexity index is 259. The average Bonchev–Trinajstić information content (AvgIpc) is 2.88. The summed E-state index contributed by atoms with van der Waals surface area (Å²) in [6.45, 7) is 2.68. The summed E-state index contributed by atoms with van der Waals surface area (Å²) in [7, 11) is -3.09. The van der Waals surface area contributed by atoms with Crippen molar-refractivity contribution in [3.05, 3.63) is 0 Å². The molecule has 2 N–H and O–H groups in total. The molecule has 0 saturated heterocycles. The average molecular weight is 221 g/mol. The van der Waals surface area contributed by atoms with Crippen LogP contribution in [0.3, 0.4) is 0 Å². The summed E-state index contributed by atoms with van der Waals surface area (Å²) in [5.41, 5.74) is 5.31. The number of hydrogen-bond acceptors (Lipinski definition) is 4. The first-order chi connectivity index (χ1) is 6.56. The smallest absolute Gasteiger partial charge is 0.176 e. The first kappa shape index (κ1) is 11.9. The van der Waals surface area contributed by atoms with Gasteiger partial charge in [0.1, 0.15) is 5.94 Å². The third kappa shape index (κ3) is 3.94. The molecule has 0 amide bonds. The van der Waals surface area contributed by atoms with Crippen LogP contribution in [-0.4, -0.2) is 32.8 Å². The van der Waals surface area contributed by atoms with Crippen molar-refractivity contribution in [1.29, 1.82) is 0 Å². The molecule has 0 aromatic carbocycles. The minimum absolute atomic E-state index is 0.148. The van der Waals surface area contributed by atoms with E-state index >= 15 is 0 Å². The fourth-order valence-corrected chi connectivity index (χ4v) is 2.20. The maximum absolute atomic E-state index is 11.5. The molecule has 1 saturated carbocycles. The standard InChI is InChI=1S/C9H19NO3S/c1-8(4-5-10)14(11,12)7-13-6-9-2-3-9/h8-9H,2-7,10H2,1H3. The molecular weight excluding hydrogens is 202 g/mol. The largest absolute Gasteiger partial charge is 0.365 e. The van der Waals surface area contributed by atoms with Crippen LogP contribution in [0.2, 0.25) is 0 Å². The quantitative estimate of drug-likeness (QED) is 0.680. The van der Waals surface area contributed by atoms with Crippen LogP contribution in [0.4, 0.5) is 0 Å². The van der Waals surface area contributed by atoms with Crippen LogP contribution >= 0.6 is 0 Å². The molecule has 1 unspecified atom stereocenters. The Morgan fingerprint density at radius 3 is 2.64 bits per heavy atom. The molecule has 0 spiro atoms. The number of hydrogen-bond donors (Lipinski definition) is 1. The molecule has 0 heterocycles. The zero-order chi connectivity index (χ0) is 10.6. The Morgan fingerprint density at radius 2 is 2.14 bits per heavy atom. The molecule has 1 rings (SSSR count). The van der Waals surface area contributed by atoms with E-state index in [1.165, 1.54) is 12.8 Å². The van der Waals surface area contributed by atoms with Crippen LogP contribution in [0, 0.1) is 5.92 Å². The molecule has 0 radical (unpaired) electrons. The van der Waals surface area contributed by atoms with Crippen molar-refractivity contribution in [3.63, 3.8) is 0 Å². The highest BCUT2D eigenvalue weighted by Gasteiger charge is 2.24. The van der Waals surface area contributed by atoms with Crippen LogP contribution in [0.1, 0.15) is 26.2 Å². The normalized spacial score (nSPS) is 19.6. The van der Waals surface area contributed by atoms with Crippen molar-refractivity contribution in [2.45, 2.75) is 31.4 Å². The topological polar surface area (TPSA) is 69.4 Å². The van der Waals surface area contributed by atoms with Gasteiger partial charge in [-0.2, -0.15) is 0 Å². The summed E-state index contributed by atoms with van der Waals surface area (Å²) in [4.78, 5) is 0. The Morgan fingerprint density at radius 1 is 1.50 bits per heavy atom. The molecule has 14 heavy (non-hydrogen) atoms. The summed E-state index contributed by atoms with van der Waals surface area (Å²) in [5.74, 6) is 0.458. The zero-order valence-electron chi connectivity index (χ0n) is 8.61. The lowest BCUT2D eigenvalue weighted by atomic mass is 10.3. The van der Waals surface area contributed by atoms with Gasteiger partial charge in [0, 0.05) is 0 Å². The highest BCUT2D eigenvalue weighted by atomic mass is 32.2. The molecule has 0 aromatic rings. The van der Waals surface area contributed by atoms with E-state index in [0.29, 0.717) is 25.5 Å². The van der Waals surface area contributed by atoms with E-state index in [1.54, 1.807) is 6.92 Å². The van der Waals surface area contributed by atoms with Crippen LogP contribution in [-0.2, 0) is 14.6 Å². The Labute approximate surface area is 85.7 Å². The molecule has 1 aliphatic carbocycles. The minimum atomic E-state index is -3.09. The van der Waals surface area contributed by atoms with Gasteiger partial charge >= 0.3 is 0 Å². The van der Waals surface area contributed by atoms with Gasteiger partial charge < -0.3 is 10.5 Å². The van der Waals surface area contributed by atoms with Crippen molar-refractivity contribution < 1.29 is 13.2 Å². The van der Waals surface area contributed by atoms with Gasteiger partial charge in [-0.3, -0.25) is 0 Å². The Kier molecular flexibility index (Phi) is 4.34.